The van der Waals surface area contributed by atoms with Gasteiger partial charge in [0.05, 0.1) is 10.5 Å². The monoisotopic (exact) mass is 303 g/mol. The van der Waals surface area contributed by atoms with Crippen molar-refractivity contribution in [3.8, 4) is 0 Å². The van der Waals surface area contributed by atoms with Gasteiger partial charge in [-0.1, -0.05) is 0 Å². The SMILES string of the molecule is CN=C(O[Cl+3]([O-])([O-])[O-])/C(=C/N)c1ccc([N+](=O)[O-])cc1. The average Bonchev–Trinajstić information content (AvgIpc) is 2.37. The molecule has 0 radical (unpaired) electrons. The molecule has 0 saturated carbocycles. The lowest BCUT2D eigenvalue weighted by atomic mass is 10.1. The number of nitrogens with two attached hydrogens (primary N) is 1. The first-order valence-corrected chi connectivity index (χ1v) is 6.26. The second-order valence-electron chi connectivity index (χ2n) is 3.37. The van der Waals surface area contributed by atoms with Crippen molar-refractivity contribution in [3.05, 3.63) is 46.1 Å². The highest BCUT2D eigenvalue weighted by atomic mass is 35.7. The lowest BCUT2D eigenvalue weighted by Gasteiger charge is -2.14. The number of rotatable bonds is 4. The minimum absolute atomic E-state index is 0.00863. The van der Waals surface area contributed by atoms with Crippen molar-refractivity contribution in [1.29, 1.82) is 0 Å². The summed E-state index contributed by atoms with van der Waals surface area (Å²) >= 11 is 0. The molecule has 0 fully saturated rings. The van der Waals surface area contributed by atoms with Gasteiger partial charge in [0.1, 0.15) is 10.2 Å². The van der Waals surface area contributed by atoms with E-state index in [9.17, 15) is 24.1 Å². The zero-order chi connectivity index (χ0) is 15.3. The molecule has 108 valence electrons. The van der Waals surface area contributed by atoms with Gasteiger partial charge in [0.15, 0.2) is 0 Å². The molecule has 10 heteroatoms. The number of hydrogen-bond donors (Lipinski definition) is 1. The molecule has 0 aliphatic rings. The molecular weight excluding hydrogens is 294 g/mol. The van der Waals surface area contributed by atoms with Gasteiger partial charge in [-0.05, 0) is 22.0 Å². The normalized spacial score (nSPS) is 13.2. The number of nitro benzene ring substituents is 1. The highest BCUT2D eigenvalue weighted by Gasteiger charge is 2.27. The van der Waals surface area contributed by atoms with Crippen LogP contribution in [0.25, 0.3) is 5.57 Å². The van der Waals surface area contributed by atoms with E-state index in [0.29, 0.717) is 5.56 Å². The topological polar surface area (TPSA) is 160 Å². The van der Waals surface area contributed by atoms with E-state index in [2.05, 4.69) is 9.28 Å². The van der Waals surface area contributed by atoms with Crippen molar-refractivity contribution in [2.75, 3.05) is 7.05 Å². The molecule has 2 N–H and O–H groups in total. The fourth-order valence-corrected chi connectivity index (χ4v) is 1.67. The molecular formula is C10H10ClN3O6. The minimum Gasteiger partial charge on any atom is -0.404 e. The van der Waals surface area contributed by atoms with Gasteiger partial charge >= 0.3 is 5.90 Å². The van der Waals surface area contributed by atoms with Crippen LogP contribution in [0.2, 0.25) is 0 Å². The molecule has 0 unspecified atom stereocenters. The van der Waals surface area contributed by atoms with Crippen LogP contribution in [0.5, 0.6) is 0 Å². The van der Waals surface area contributed by atoms with Crippen molar-refractivity contribution in [2.45, 2.75) is 0 Å². The maximum absolute atomic E-state index is 10.6. The molecule has 0 atom stereocenters. The molecule has 0 heterocycles. The molecule has 0 saturated heterocycles. The fraction of sp³-hybridized carbons (Fsp3) is 0.100. The number of benzene rings is 1. The summed E-state index contributed by atoms with van der Waals surface area (Å²) in [5.41, 5.74) is 5.50. The second kappa shape index (κ2) is 6.30. The molecule has 0 spiro atoms. The van der Waals surface area contributed by atoms with E-state index < -0.39 is 21.1 Å². The summed E-state index contributed by atoms with van der Waals surface area (Å²) in [6.45, 7) is 0. The van der Waals surface area contributed by atoms with Gasteiger partial charge in [-0.25, -0.2) is 4.99 Å². The Morgan fingerprint density at radius 3 is 2.25 bits per heavy atom. The highest BCUT2D eigenvalue weighted by molar-refractivity contribution is 6.19. The van der Waals surface area contributed by atoms with Crippen molar-refractivity contribution < 1.29 is 33.4 Å². The first kappa shape index (κ1) is 15.9. The van der Waals surface area contributed by atoms with Crippen LogP contribution in [-0.4, -0.2) is 17.9 Å². The van der Waals surface area contributed by atoms with Gasteiger partial charge < -0.3 is 5.73 Å². The van der Waals surface area contributed by atoms with Crippen LogP contribution in [0, 0.1) is 20.4 Å². The Morgan fingerprint density at radius 2 is 1.90 bits per heavy atom. The first-order valence-electron chi connectivity index (χ1n) is 5.02. The minimum atomic E-state index is -4.72. The Hall–Kier alpha value is -2.20. The Labute approximate surface area is 115 Å². The van der Waals surface area contributed by atoms with Gasteiger partial charge in [-0.2, -0.15) is 14.0 Å². The van der Waals surface area contributed by atoms with Crippen molar-refractivity contribution >= 4 is 17.2 Å². The van der Waals surface area contributed by atoms with Gasteiger partial charge in [-0.15, -0.1) is 0 Å². The zero-order valence-corrected chi connectivity index (χ0v) is 10.9. The van der Waals surface area contributed by atoms with Crippen molar-refractivity contribution in [1.82, 2.24) is 0 Å². The third-order valence-corrected chi connectivity index (χ3v) is 2.49. The van der Waals surface area contributed by atoms with E-state index >= 15 is 0 Å². The fourth-order valence-electron chi connectivity index (χ4n) is 1.34. The molecule has 0 amide bonds. The van der Waals surface area contributed by atoms with Crippen LogP contribution in [0.3, 0.4) is 0 Å². The van der Waals surface area contributed by atoms with Crippen LogP contribution in [0.1, 0.15) is 5.56 Å². The summed E-state index contributed by atoms with van der Waals surface area (Å²) in [6.07, 6.45) is 0.976. The summed E-state index contributed by atoms with van der Waals surface area (Å²) in [5.74, 6) is -0.516. The summed E-state index contributed by atoms with van der Waals surface area (Å²) in [7, 11) is -3.53. The summed E-state index contributed by atoms with van der Waals surface area (Å²) < 4.78 is 35.8. The molecule has 0 aliphatic heterocycles. The first-order chi connectivity index (χ1) is 9.28. The van der Waals surface area contributed by atoms with E-state index in [0.717, 1.165) is 6.20 Å². The van der Waals surface area contributed by atoms with Gasteiger partial charge in [-0.3, -0.25) is 10.1 Å². The number of nitrogens with zero attached hydrogens (tertiary/aromatic N) is 2. The molecule has 1 aromatic rings. The zero-order valence-electron chi connectivity index (χ0n) is 10.2. The number of hydrogen-bond acceptors (Lipinski definition) is 8. The standard InChI is InChI=1S/C10H10ClN3O6/c1-13-10(20-11(15,16)17)9(6-12)7-2-4-8(5-3-7)14(18)19/h2-6H,12H2,1H3/b9-6+,13-10?. The summed E-state index contributed by atoms with van der Waals surface area (Å²) in [6, 6.07) is 5.02. The summed E-state index contributed by atoms with van der Waals surface area (Å²) in [5, 5.41) is 10.5. The van der Waals surface area contributed by atoms with Crippen LogP contribution in [0.15, 0.2) is 35.5 Å². The maximum atomic E-state index is 10.6. The van der Waals surface area contributed by atoms with Crippen molar-refractivity contribution in [3.63, 3.8) is 0 Å². The number of nitro groups is 1. The van der Waals surface area contributed by atoms with Gasteiger partial charge in [0.2, 0.25) is 0 Å². The molecule has 9 nitrogen and oxygen atoms in total. The lowest BCUT2D eigenvalue weighted by molar-refractivity contribution is -1.91. The number of non-ortho nitro benzene ring substituents is 1. The lowest BCUT2D eigenvalue weighted by Crippen LogP contribution is -2.61. The third-order valence-electron chi connectivity index (χ3n) is 2.16. The van der Waals surface area contributed by atoms with Crippen LogP contribution < -0.4 is 19.7 Å². The molecule has 0 aliphatic carbocycles. The Morgan fingerprint density at radius 1 is 1.35 bits per heavy atom. The smallest absolute Gasteiger partial charge is 0.385 e. The van der Waals surface area contributed by atoms with E-state index in [1.807, 2.05) is 0 Å². The molecule has 1 aromatic carbocycles. The molecule has 0 bridgehead atoms. The molecule has 1 rings (SSSR count). The van der Waals surface area contributed by atoms with E-state index in [1.165, 1.54) is 31.3 Å². The largest absolute Gasteiger partial charge is 0.404 e. The van der Waals surface area contributed by atoms with E-state index in [-0.39, 0.29) is 11.3 Å². The van der Waals surface area contributed by atoms with Gasteiger partial charge in [0, 0.05) is 25.4 Å². The quantitative estimate of drug-likeness (QED) is 0.287. The Balaban J connectivity index is 3.10. The average molecular weight is 304 g/mol. The highest BCUT2D eigenvalue weighted by Crippen LogP contribution is 2.20. The predicted octanol–water partition coefficient (Wildman–Crippen LogP) is -2.16. The van der Waals surface area contributed by atoms with Gasteiger partial charge in [0.25, 0.3) is 5.69 Å². The Bertz CT molecular complexity index is 549. The number of halogens is 1. The third kappa shape index (κ3) is 4.17. The molecule has 20 heavy (non-hydrogen) atoms. The molecule has 0 aromatic heterocycles. The number of aliphatic imine (C=N–C) groups is 1. The maximum Gasteiger partial charge on any atom is 0.385 e. The van der Waals surface area contributed by atoms with Crippen molar-refractivity contribution in [2.24, 2.45) is 10.7 Å². The van der Waals surface area contributed by atoms with Crippen LogP contribution >= 0.6 is 0 Å². The predicted molar refractivity (Wildman–Crippen MR) is 59.7 cm³/mol. The van der Waals surface area contributed by atoms with E-state index in [4.69, 9.17) is 5.73 Å². The van der Waals surface area contributed by atoms with E-state index in [1.54, 1.807) is 0 Å². The second-order valence-corrected chi connectivity index (χ2v) is 4.28. The van der Waals surface area contributed by atoms with Crippen LogP contribution in [-0.2, 0) is 4.29 Å². The summed E-state index contributed by atoms with van der Waals surface area (Å²) in [4.78, 5) is 13.4. The Kier molecular flexibility index (Phi) is 5.00. The van der Waals surface area contributed by atoms with Crippen LogP contribution in [0.4, 0.5) is 5.69 Å².